The normalized spacial score (nSPS) is 17.4. The molecule has 36 heavy (non-hydrogen) atoms. The van der Waals surface area contributed by atoms with E-state index in [1.807, 2.05) is 45.9 Å². The summed E-state index contributed by atoms with van der Waals surface area (Å²) in [7, 11) is 0. The van der Waals surface area contributed by atoms with Crippen LogP contribution in [0.5, 0.6) is 5.75 Å². The lowest BCUT2D eigenvalue weighted by molar-refractivity contribution is -0.132. The van der Waals surface area contributed by atoms with Crippen LogP contribution < -0.4 is 9.64 Å². The van der Waals surface area contributed by atoms with E-state index in [1.54, 1.807) is 42.6 Å². The molecule has 1 unspecified atom stereocenters. The van der Waals surface area contributed by atoms with Gasteiger partial charge in [0.05, 0.1) is 28.4 Å². The molecule has 0 radical (unpaired) electrons. The Hall–Kier alpha value is -4.46. The Balaban J connectivity index is 1.67. The number of aliphatic hydroxyl groups excluding tert-OH is 1. The zero-order valence-corrected chi connectivity index (χ0v) is 20.4. The Kier molecular flexibility index (Phi) is 5.80. The van der Waals surface area contributed by atoms with Gasteiger partial charge in [0.15, 0.2) is 0 Å². The van der Waals surface area contributed by atoms with Gasteiger partial charge in [0, 0.05) is 11.8 Å². The van der Waals surface area contributed by atoms with Gasteiger partial charge in [-0.15, -0.1) is 0 Å². The molecule has 1 aliphatic rings. The highest BCUT2D eigenvalue weighted by molar-refractivity contribution is 6.51. The number of carbonyl (C=O) groups is 2. The van der Waals surface area contributed by atoms with Crippen molar-refractivity contribution in [3.8, 4) is 5.75 Å². The topological polar surface area (TPSA) is 108 Å². The van der Waals surface area contributed by atoms with Crippen molar-refractivity contribution in [2.45, 2.75) is 39.8 Å². The molecule has 0 spiro atoms. The number of hydrogen-bond acceptors (Lipinski definition) is 6. The van der Waals surface area contributed by atoms with Gasteiger partial charge in [0.25, 0.3) is 5.78 Å². The molecule has 2 N–H and O–H groups in total. The van der Waals surface area contributed by atoms with Crippen LogP contribution in [0.1, 0.15) is 42.3 Å². The van der Waals surface area contributed by atoms with Crippen molar-refractivity contribution >= 4 is 34.4 Å². The summed E-state index contributed by atoms with van der Waals surface area (Å²) < 4.78 is 5.80. The lowest BCUT2D eigenvalue weighted by Gasteiger charge is -2.22. The largest absolute Gasteiger partial charge is 0.507 e. The highest BCUT2D eigenvalue weighted by atomic mass is 16.5. The number of fused-ring (bicyclic) bond motifs is 1. The van der Waals surface area contributed by atoms with E-state index in [-0.39, 0.29) is 23.4 Å². The molecule has 2 aromatic heterocycles. The van der Waals surface area contributed by atoms with Gasteiger partial charge in [-0.05, 0) is 81.3 Å². The van der Waals surface area contributed by atoms with E-state index >= 15 is 0 Å². The summed E-state index contributed by atoms with van der Waals surface area (Å²) in [4.78, 5) is 40.1. The number of H-pyrrole nitrogens is 1. The number of pyridine rings is 1. The minimum absolute atomic E-state index is 0.00905. The van der Waals surface area contributed by atoms with E-state index < -0.39 is 17.7 Å². The number of amides is 1. The molecule has 1 amide bonds. The number of ketones is 1. The molecule has 182 valence electrons. The summed E-state index contributed by atoms with van der Waals surface area (Å²) >= 11 is 0. The summed E-state index contributed by atoms with van der Waals surface area (Å²) in [6.07, 6.45) is 1.57. The van der Waals surface area contributed by atoms with E-state index in [0.29, 0.717) is 22.5 Å². The smallest absolute Gasteiger partial charge is 0.302 e. The fraction of sp³-hybridized carbons (Fsp3) is 0.214. The fourth-order valence-electron chi connectivity index (χ4n) is 4.43. The van der Waals surface area contributed by atoms with Crippen LogP contribution in [0.25, 0.3) is 16.8 Å². The highest BCUT2D eigenvalue weighted by Crippen LogP contribution is 2.41. The number of Topliss-reactive ketones (excluding diaryl/α,β-unsaturated/α-hetero) is 1. The predicted molar refractivity (Wildman–Crippen MR) is 137 cm³/mol. The van der Waals surface area contributed by atoms with Crippen molar-refractivity contribution in [2.24, 2.45) is 0 Å². The number of imidazole rings is 1. The minimum Gasteiger partial charge on any atom is -0.507 e. The third-order valence-corrected chi connectivity index (χ3v) is 6.08. The maximum absolute atomic E-state index is 13.4. The van der Waals surface area contributed by atoms with Crippen LogP contribution in [0.4, 0.5) is 5.95 Å². The summed E-state index contributed by atoms with van der Waals surface area (Å²) in [5.74, 6) is -0.984. The van der Waals surface area contributed by atoms with Gasteiger partial charge in [0.1, 0.15) is 17.6 Å². The third-order valence-electron chi connectivity index (χ3n) is 6.08. The number of nitrogens with one attached hydrogen (secondary N) is 1. The molecule has 8 heteroatoms. The number of aliphatic hydroxyl groups is 1. The first kappa shape index (κ1) is 23.3. The van der Waals surface area contributed by atoms with E-state index in [0.717, 1.165) is 16.6 Å². The number of benzene rings is 2. The summed E-state index contributed by atoms with van der Waals surface area (Å²) in [6.45, 7) is 7.68. The molecule has 0 aliphatic carbocycles. The van der Waals surface area contributed by atoms with Crippen molar-refractivity contribution in [3.63, 3.8) is 0 Å². The zero-order chi connectivity index (χ0) is 25.6. The van der Waals surface area contributed by atoms with E-state index in [9.17, 15) is 14.7 Å². The predicted octanol–water partition coefficient (Wildman–Crippen LogP) is 4.99. The second-order valence-corrected chi connectivity index (χ2v) is 9.15. The molecule has 0 saturated carbocycles. The van der Waals surface area contributed by atoms with E-state index in [2.05, 4.69) is 15.0 Å². The molecule has 0 bridgehead atoms. The highest BCUT2D eigenvalue weighted by Gasteiger charge is 2.48. The standard InChI is InChI=1S/C28H26N4O4/c1-15(2)36-22-11-9-18(14-17(22)4)25(33)23-24(20-7-5-6-12-29-20)32(27(35)26(23)34)28-30-19-10-8-16(3)13-21(19)31-28/h5-15,24,33H,1-4H3,(H,30,31)/b25-23+. The van der Waals surface area contributed by atoms with Gasteiger partial charge in [-0.3, -0.25) is 19.5 Å². The van der Waals surface area contributed by atoms with Gasteiger partial charge in [0.2, 0.25) is 5.95 Å². The Labute approximate surface area is 208 Å². The van der Waals surface area contributed by atoms with Crippen LogP contribution in [0, 0.1) is 13.8 Å². The second-order valence-electron chi connectivity index (χ2n) is 9.15. The average molecular weight is 483 g/mol. The number of hydrogen-bond donors (Lipinski definition) is 2. The molecular weight excluding hydrogens is 456 g/mol. The average Bonchev–Trinajstić information content (AvgIpc) is 3.38. The number of ether oxygens (including phenoxy) is 1. The fourth-order valence-corrected chi connectivity index (χ4v) is 4.43. The summed E-state index contributed by atoms with van der Waals surface area (Å²) in [6, 6.07) is 15.1. The lowest BCUT2D eigenvalue weighted by atomic mass is 9.97. The number of aromatic amines is 1. The van der Waals surface area contributed by atoms with Crippen molar-refractivity contribution in [3.05, 3.63) is 88.8 Å². The first-order valence-corrected chi connectivity index (χ1v) is 11.7. The number of nitrogens with zero attached hydrogens (tertiary/aromatic N) is 3. The third kappa shape index (κ3) is 4.00. The number of rotatable bonds is 5. The van der Waals surface area contributed by atoms with Crippen LogP contribution in [0.2, 0.25) is 0 Å². The summed E-state index contributed by atoms with van der Waals surface area (Å²) in [5.41, 5.74) is 4.02. The second kappa shape index (κ2) is 8.96. The maximum Gasteiger partial charge on any atom is 0.302 e. The first-order valence-electron chi connectivity index (χ1n) is 11.7. The maximum atomic E-state index is 13.4. The van der Waals surface area contributed by atoms with Gasteiger partial charge in [-0.1, -0.05) is 12.1 Å². The van der Waals surface area contributed by atoms with Crippen molar-refractivity contribution in [2.75, 3.05) is 4.90 Å². The zero-order valence-electron chi connectivity index (χ0n) is 20.4. The summed E-state index contributed by atoms with van der Waals surface area (Å²) in [5, 5.41) is 11.4. The minimum atomic E-state index is -0.959. The molecular formula is C28H26N4O4. The molecule has 4 aromatic rings. The quantitative estimate of drug-likeness (QED) is 0.236. The van der Waals surface area contributed by atoms with Crippen molar-refractivity contribution in [1.29, 1.82) is 0 Å². The van der Waals surface area contributed by atoms with E-state index in [1.165, 1.54) is 4.90 Å². The number of carbonyl (C=O) groups excluding carboxylic acids is 2. The monoisotopic (exact) mass is 482 g/mol. The number of aryl methyl sites for hydroxylation is 2. The van der Waals surface area contributed by atoms with Crippen molar-refractivity contribution < 1.29 is 19.4 Å². The van der Waals surface area contributed by atoms with Crippen LogP contribution >= 0.6 is 0 Å². The number of aromatic nitrogens is 3. The van der Waals surface area contributed by atoms with Crippen LogP contribution in [0.15, 0.2) is 66.4 Å². The SMILES string of the molecule is Cc1ccc2nc(N3C(=O)C(=O)/C(=C(/O)c4ccc(OC(C)C)c(C)c4)C3c3ccccn3)[nH]c2c1. The van der Waals surface area contributed by atoms with Gasteiger partial charge >= 0.3 is 5.91 Å². The molecule has 3 heterocycles. The molecule has 8 nitrogen and oxygen atoms in total. The molecule has 1 saturated heterocycles. The molecule has 1 atom stereocenters. The Morgan fingerprint density at radius 2 is 1.89 bits per heavy atom. The molecule has 1 aliphatic heterocycles. The van der Waals surface area contributed by atoms with Crippen LogP contribution in [-0.4, -0.2) is 37.9 Å². The first-order chi connectivity index (χ1) is 17.2. The molecule has 1 fully saturated rings. The lowest BCUT2D eigenvalue weighted by Crippen LogP contribution is -2.30. The van der Waals surface area contributed by atoms with Gasteiger partial charge in [-0.2, -0.15) is 0 Å². The Bertz CT molecular complexity index is 1520. The van der Waals surface area contributed by atoms with E-state index in [4.69, 9.17) is 4.74 Å². The number of anilines is 1. The van der Waals surface area contributed by atoms with Gasteiger partial charge in [-0.25, -0.2) is 4.98 Å². The van der Waals surface area contributed by atoms with Crippen LogP contribution in [-0.2, 0) is 9.59 Å². The van der Waals surface area contributed by atoms with Gasteiger partial charge < -0.3 is 14.8 Å². The molecule has 5 rings (SSSR count). The Morgan fingerprint density at radius 1 is 1.08 bits per heavy atom. The van der Waals surface area contributed by atoms with Crippen LogP contribution in [0.3, 0.4) is 0 Å². The molecule has 2 aromatic carbocycles. The van der Waals surface area contributed by atoms with Crippen molar-refractivity contribution in [1.82, 2.24) is 15.0 Å². The Morgan fingerprint density at radius 3 is 2.58 bits per heavy atom.